The van der Waals surface area contributed by atoms with Gasteiger partial charge in [-0.15, -0.1) is 11.3 Å². The number of ether oxygens (including phenoxy) is 1. The average Bonchev–Trinajstić information content (AvgIpc) is 3.43. The van der Waals surface area contributed by atoms with Gasteiger partial charge in [0.15, 0.2) is 6.61 Å². The van der Waals surface area contributed by atoms with Crippen LogP contribution in [0.4, 0.5) is 0 Å². The molecular formula is C29H25ClN2O6S2. The maximum absolute atomic E-state index is 13.3. The van der Waals surface area contributed by atoms with Crippen molar-refractivity contribution in [2.45, 2.75) is 28.6 Å². The molecule has 3 N–H and O–H groups in total. The minimum Gasteiger partial charge on any atom is -0.483 e. The molecule has 8 nitrogen and oxygen atoms in total. The molecule has 40 heavy (non-hydrogen) atoms. The Hall–Kier alpha value is -3.70. The molecule has 4 aromatic rings. The molecule has 11 heteroatoms. The van der Waals surface area contributed by atoms with Crippen molar-refractivity contribution >= 4 is 44.8 Å². The normalized spacial score (nSPS) is 18.2. The largest absolute Gasteiger partial charge is 0.483 e. The van der Waals surface area contributed by atoms with Crippen LogP contribution >= 0.6 is 22.9 Å². The molecule has 0 unspecified atom stereocenters. The van der Waals surface area contributed by atoms with Gasteiger partial charge in [0.1, 0.15) is 15.5 Å². The number of sulfonamides is 1. The number of aliphatic carboxylic acids is 1. The van der Waals surface area contributed by atoms with Gasteiger partial charge in [-0.2, -0.15) is 4.72 Å². The number of rotatable bonds is 11. The molecule has 0 bridgehead atoms. The lowest BCUT2D eigenvalue weighted by Crippen LogP contribution is -2.44. The van der Waals surface area contributed by atoms with Crippen LogP contribution in [0.15, 0.2) is 95.2 Å². The predicted octanol–water partition coefficient (Wildman–Crippen LogP) is 5.05. The summed E-state index contributed by atoms with van der Waals surface area (Å²) in [6.45, 7) is 0.0741. The van der Waals surface area contributed by atoms with E-state index in [1.54, 1.807) is 54.6 Å². The molecule has 5 rings (SSSR count). The Labute approximate surface area is 240 Å². The van der Waals surface area contributed by atoms with Gasteiger partial charge in [0, 0.05) is 22.4 Å². The van der Waals surface area contributed by atoms with Crippen LogP contribution in [0, 0.1) is 0 Å². The zero-order valence-corrected chi connectivity index (χ0v) is 23.4. The monoisotopic (exact) mass is 596 g/mol. The van der Waals surface area contributed by atoms with Crippen LogP contribution in [0.3, 0.4) is 0 Å². The van der Waals surface area contributed by atoms with Gasteiger partial charge >= 0.3 is 5.97 Å². The van der Waals surface area contributed by atoms with Crippen molar-refractivity contribution in [2.24, 2.45) is 0 Å². The molecule has 1 amide bonds. The summed E-state index contributed by atoms with van der Waals surface area (Å²) < 4.78 is 34.8. The number of carboxylic acids is 1. The highest BCUT2D eigenvalue weighted by Crippen LogP contribution is 2.55. The summed E-state index contributed by atoms with van der Waals surface area (Å²) in [7, 11) is -4.15. The second-order valence-electron chi connectivity index (χ2n) is 9.35. The van der Waals surface area contributed by atoms with Gasteiger partial charge in [0.25, 0.3) is 15.9 Å². The summed E-state index contributed by atoms with van der Waals surface area (Å²) in [6, 6.07) is 26.3. The summed E-state index contributed by atoms with van der Waals surface area (Å²) in [6.07, 6.45) is 0.0392. The number of benzene rings is 3. The number of hydrogen-bond donors (Lipinski definition) is 3. The van der Waals surface area contributed by atoms with E-state index in [0.717, 1.165) is 22.5 Å². The first-order valence-electron chi connectivity index (χ1n) is 12.3. The van der Waals surface area contributed by atoms with Crippen molar-refractivity contribution in [3.05, 3.63) is 107 Å². The number of para-hydroxylation sites is 1. The average molecular weight is 597 g/mol. The maximum Gasteiger partial charge on any atom is 0.325 e. The Morgan fingerprint density at radius 2 is 1.68 bits per heavy atom. The van der Waals surface area contributed by atoms with Gasteiger partial charge in [0.05, 0.1) is 0 Å². The first-order chi connectivity index (χ1) is 19.2. The Balaban J connectivity index is 1.28. The van der Waals surface area contributed by atoms with E-state index in [-0.39, 0.29) is 23.1 Å². The number of nitrogens with one attached hydrogen (secondary N) is 2. The number of halogens is 1. The second-order valence-corrected chi connectivity index (χ2v) is 12.8. The van der Waals surface area contributed by atoms with Crippen LogP contribution in [0.25, 0.3) is 10.4 Å². The lowest BCUT2D eigenvalue weighted by molar-refractivity contribution is -0.140. The highest BCUT2D eigenvalue weighted by Gasteiger charge is 2.64. The van der Waals surface area contributed by atoms with Gasteiger partial charge in [-0.25, -0.2) is 8.42 Å². The van der Waals surface area contributed by atoms with E-state index in [2.05, 4.69) is 10.0 Å². The number of carbonyl (C=O) groups excluding carboxylic acids is 1. The van der Waals surface area contributed by atoms with Crippen LogP contribution in [-0.4, -0.2) is 37.5 Å². The third-order valence-corrected chi connectivity index (χ3v) is 10.0. The zero-order chi connectivity index (χ0) is 28.3. The van der Waals surface area contributed by atoms with Crippen LogP contribution in [0.1, 0.15) is 23.5 Å². The van der Waals surface area contributed by atoms with Crippen molar-refractivity contribution in [2.75, 3.05) is 6.61 Å². The Morgan fingerprint density at radius 3 is 2.40 bits per heavy atom. The third kappa shape index (κ3) is 6.05. The van der Waals surface area contributed by atoms with E-state index in [0.29, 0.717) is 27.8 Å². The molecular weight excluding hydrogens is 572 g/mol. The fourth-order valence-electron chi connectivity index (χ4n) is 4.45. The van der Waals surface area contributed by atoms with Crippen molar-refractivity contribution in [3.63, 3.8) is 0 Å². The van der Waals surface area contributed by atoms with E-state index < -0.39 is 27.4 Å². The van der Waals surface area contributed by atoms with E-state index in [1.807, 2.05) is 30.3 Å². The number of amides is 1. The minimum atomic E-state index is -4.15. The fourth-order valence-corrected chi connectivity index (χ4v) is 7.29. The van der Waals surface area contributed by atoms with Crippen molar-refractivity contribution in [3.8, 4) is 16.2 Å². The van der Waals surface area contributed by atoms with Crippen molar-refractivity contribution in [1.29, 1.82) is 0 Å². The molecule has 0 radical (unpaired) electrons. The van der Waals surface area contributed by atoms with Crippen LogP contribution in [0.2, 0.25) is 5.02 Å². The summed E-state index contributed by atoms with van der Waals surface area (Å²) in [5.41, 5.74) is 0.514. The summed E-state index contributed by atoms with van der Waals surface area (Å²) in [5.74, 6) is -1.98. The molecule has 0 aliphatic heterocycles. The lowest BCUT2D eigenvalue weighted by Gasteiger charge is -2.17. The van der Waals surface area contributed by atoms with Crippen molar-refractivity contribution < 1.29 is 27.9 Å². The van der Waals surface area contributed by atoms with Gasteiger partial charge in [-0.05, 0) is 53.4 Å². The van der Waals surface area contributed by atoms with E-state index in [1.165, 1.54) is 6.07 Å². The molecule has 2 atom stereocenters. The molecule has 1 aliphatic rings. The Bertz CT molecular complexity index is 1640. The van der Waals surface area contributed by atoms with Gasteiger partial charge in [0.2, 0.25) is 0 Å². The highest BCUT2D eigenvalue weighted by atomic mass is 35.5. The summed E-state index contributed by atoms with van der Waals surface area (Å²) in [4.78, 5) is 25.5. The van der Waals surface area contributed by atoms with Gasteiger partial charge in [-0.3, -0.25) is 9.59 Å². The van der Waals surface area contributed by atoms with E-state index in [4.69, 9.17) is 16.3 Å². The minimum absolute atomic E-state index is 0.00310. The van der Waals surface area contributed by atoms with Crippen LogP contribution in [-0.2, 0) is 26.2 Å². The molecule has 0 spiro atoms. The van der Waals surface area contributed by atoms with Gasteiger partial charge < -0.3 is 15.2 Å². The molecule has 1 fully saturated rings. The molecule has 1 aliphatic carbocycles. The third-order valence-electron chi connectivity index (χ3n) is 6.62. The topological polar surface area (TPSA) is 122 Å². The van der Waals surface area contributed by atoms with Gasteiger partial charge in [-0.1, -0.05) is 72.3 Å². The maximum atomic E-state index is 13.3. The first kappa shape index (κ1) is 27.9. The first-order valence-corrected chi connectivity index (χ1v) is 15.0. The summed E-state index contributed by atoms with van der Waals surface area (Å²) in [5, 5.41) is 13.4. The zero-order valence-electron chi connectivity index (χ0n) is 21.0. The van der Waals surface area contributed by atoms with Crippen LogP contribution < -0.4 is 14.8 Å². The molecule has 1 aromatic heterocycles. The Morgan fingerprint density at radius 1 is 0.975 bits per heavy atom. The smallest absolute Gasteiger partial charge is 0.325 e. The Kier molecular flexibility index (Phi) is 7.95. The molecule has 206 valence electrons. The van der Waals surface area contributed by atoms with Crippen LogP contribution in [0.5, 0.6) is 5.75 Å². The quantitative estimate of drug-likeness (QED) is 0.223. The van der Waals surface area contributed by atoms with Crippen molar-refractivity contribution in [1.82, 2.24) is 10.0 Å². The predicted molar refractivity (Wildman–Crippen MR) is 153 cm³/mol. The lowest BCUT2D eigenvalue weighted by atomic mass is 10.1. The molecule has 1 saturated carbocycles. The SMILES string of the molecule is O=C(COc1ccccc1[C@@H]1C[C@]1(NS(=O)(=O)c1ccc(-c2ccc(Cl)cc2)s1)C(=O)O)NCc1ccccc1. The highest BCUT2D eigenvalue weighted by molar-refractivity contribution is 7.91. The summed E-state index contributed by atoms with van der Waals surface area (Å²) >= 11 is 6.98. The number of carbonyl (C=O) groups is 2. The van der Waals surface area contributed by atoms with E-state index in [9.17, 15) is 23.1 Å². The standard InChI is InChI=1S/C29H25ClN2O6S2/c30-21-12-10-20(11-13-21)25-14-15-27(39-25)40(36,37)32-29(28(34)35)16-23(29)22-8-4-5-9-24(22)38-18-26(33)31-17-19-6-2-1-3-7-19/h1-15,23,32H,16-18H2,(H,31,33)(H,34,35)/t23-,29+/m0/s1. The second kappa shape index (κ2) is 11.4. The fraction of sp³-hybridized carbons (Fsp3) is 0.172. The molecule has 0 saturated heterocycles. The molecule has 3 aromatic carbocycles. The number of hydrogen-bond acceptors (Lipinski definition) is 6. The number of thiophene rings is 1. The van der Waals surface area contributed by atoms with E-state index >= 15 is 0 Å². The molecule has 1 heterocycles. The number of carboxylic acid groups (broad SMARTS) is 1.